The molecule has 1 fully saturated rings. The third-order valence-corrected chi connectivity index (χ3v) is 5.90. The molecule has 3 amide bonds. The number of hydrogen-bond acceptors (Lipinski definition) is 4. The summed E-state index contributed by atoms with van der Waals surface area (Å²) in [7, 11) is 0. The minimum atomic E-state index is -0.203. The smallest absolute Gasteiger partial charge is 0.253 e. The summed E-state index contributed by atoms with van der Waals surface area (Å²) in [6.07, 6.45) is 5.12. The minimum Gasteiger partial charge on any atom is -0.376 e. The number of carbonyl (C=O) groups excluding carboxylic acids is 3. The first kappa shape index (κ1) is 25.3. The molecule has 0 bridgehead atoms. The van der Waals surface area contributed by atoms with Crippen LogP contribution in [0.3, 0.4) is 0 Å². The quantitative estimate of drug-likeness (QED) is 0.537. The molecule has 0 atom stereocenters. The normalized spacial score (nSPS) is 13.3. The van der Waals surface area contributed by atoms with Crippen LogP contribution in [-0.2, 0) is 4.79 Å². The predicted molar refractivity (Wildman–Crippen MR) is 136 cm³/mol. The van der Waals surface area contributed by atoms with E-state index < -0.39 is 0 Å². The van der Waals surface area contributed by atoms with Crippen molar-refractivity contribution < 1.29 is 14.4 Å². The van der Waals surface area contributed by atoms with E-state index in [0.29, 0.717) is 16.8 Å². The monoisotopic (exact) mass is 464 g/mol. The van der Waals surface area contributed by atoms with Gasteiger partial charge in [-0.3, -0.25) is 14.4 Å². The van der Waals surface area contributed by atoms with Crippen LogP contribution in [0.5, 0.6) is 0 Å². The van der Waals surface area contributed by atoms with Crippen LogP contribution in [0.4, 0.5) is 11.4 Å². The lowest BCUT2D eigenvalue weighted by Crippen LogP contribution is -2.35. The zero-order chi connectivity index (χ0) is 24.3. The van der Waals surface area contributed by atoms with Crippen LogP contribution in [0.25, 0.3) is 0 Å². The Balaban J connectivity index is 1.52. The van der Waals surface area contributed by atoms with Gasteiger partial charge < -0.3 is 20.4 Å². The van der Waals surface area contributed by atoms with Crippen LogP contribution in [0.1, 0.15) is 66.7 Å². The lowest BCUT2D eigenvalue weighted by atomic mass is 10.1. The first-order valence-corrected chi connectivity index (χ1v) is 12.3. The molecular weight excluding hydrogens is 428 g/mol. The highest BCUT2D eigenvalue weighted by Crippen LogP contribution is 2.16. The van der Waals surface area contributed by atoms with Gasteiger partial charge in [0.05, 0.1) is 6.54 Å². The lowest BCUT2D eigenvalue weighted by Gasteiger charge is -2.26. The van der Waals surface area contributed by atoms with Gasteiger partial charge in [-0.1, -0.05) is 19.9 Å². The Hall–Kier alpha value is -3.35. The highest BCUT2D eigenvalue weighted by Gasteiger charge is 2.18. The van der Waals surface area contributed by atoms with E-state index in [1.807, 2.05) is 21.9 Å². The SMILES string of the molecule is CCCN(CCC)C(=O)c1cccc(NCC(=O)Nc2ccc(C(=O)N3CCCCC3)cc2)c1. The van der Waals surface area contributed by atoms with Crippen molar-refractivity contribution in [3.05, 3.63) is 59.7 Å². The molecule has 182 valence electrons. The maximum atomic E-state index is 12.8. The van der Waals surface area contributed by atoms with Crippen LogP contribution in [0.2, 0.25) is 0 Å². The largest absolute Gasteiger partial charge is 0.376 e. The molecular formula is C27H36N4O3. The summed E-state index contributed by atoms with van der Waals surface area (Å²) in [5.74, 6) is -0.147. The lowest BCUT2D eigenvalue weighted by molar-refractivity contribution is -0.114. The standard InChI is InChI=1S/C27H36N4O3/c1-3-15-30(16-4-2)27(34)22-9-8-10-24(19-22)28-20-25(32)29-23-13-11-21(12-14-23)26(33)31-17-6-5-7-18-31/h8-14,19,28H,3-7,15-18,20H2,1-2H3,(H,29,32). The van der Waals surface area contributed by atoms with Crippen LogP contribution >= 0.6 is 0 Å². The van der Waals surface area contributed by atoms with E-state index in [0.717, 1.165) is 57.5 Å². The van der Waals surface area contributed by atoms with E-state index in [2.05, 4.69) is 24.5 Å². The molecule has 0 aliphatic carbocycles. The number of hydrogen-bond donors (Lipinski definition) is 2. The molecule has 2 N–H and O–H groups in total. The topological polar surface area (TPSA) is 81.8 Å². The number of benzene rings is 2. The summed E-state index contributed by atoms with van der Waals surface area (Å²) in [6, 6.07) is 14.3. The average Bonchev–Trinajstić information content (AvgIpc) is 2.87. The predicted octanol–water partition coefficient (Wildman–Crippen LogP) is 4.63. The summed E-state index contributed by atoms with van der Waals surface area (Å²) in [5, 5.41) is 5.94. The molecule has 0 aromatic heterocycles. The zero-order valence-corrected chi connectivity index (χ0v) is 20.3. The summed E-state index contributed by atoms with van der Waals surface area (Å²) >= 11 is 0. The molecule has 34 heavy (non-hydrogen) atoms. The Morgan fingerprint density at radius 2 is 1.53 bits per heavy atom. The fraction of sp³-hybridized carbons (Fsp3) is 0.444. The number of piperidine rings is 1. The molecule has 0 unspecified atom stereocenters. The maximum absolute atomic E-state index is 12.8. The number of nitrogens with one attached hydrogen (secondary N) is 2. The van der Waals surface area contributed by atoms with Gasteiger partial charge in [-0.25, -0.2) is 0 Å². The number of carbonyl (C=O) groups is 3. The fourth-order valence-corrected chi connectivity index (χ4v) is 4.16. The molecule has 2 aromatic rings. The third kappa shape index (κ3) is 7.07. The van der Waals surface area contributed by atoms with Crippen molar-refractivity contribution in [1.29, 1.82) is 0 Å². The molecule has 0 saturated carbocycles. The number of amides is 3. The van der Waals surface area contributed by atoms with Gasteiger partial charge in [0.1, 0.15) is 0 Å². The van der Waals surface area contributed by atoms with Gasteiger partial charge in [0.25, 0.3) is 11.8 Å². The Kier molecular flexibility index (Phi) is 9.50. The van der Waals surface area contributed by atoms with Gasteiger partial charge in [-0.05, 0) is 74.6 Å². The van der Waals surface area contributed by atoms with Gasteiger partial charge in [-0.2, -0.15) is 0 Å². The van der Waals surface area contributed by atoms with Gasteiger partial charge >= 0.3 is 0 Å². The highest BCUT2D eigenvalue weighted by atomic mass is 16.2. The van der Waals surface area contributed by atoms with Crippen molar-refractivity contribution in [3.8, 4) is 0 Å². The van der Waals surface area contributed by atoms with Gasteiger partial charge in [0.2, 0.25) is 5.91 Å². The summed E-state index contributed by atoms with van der Waals surface area (Å²) in [6.45, 7) is 7.28. The second-order valence-corrected chi connectivity index (χ2v) is 8.70. The first-order chi connectivity index (χ1) is 16.5. The van der Waals surface area contributed by atoms with Crippen molar-refractivity contribution in [3.63, 3.8) is 0 Å². The molecule has 1 saturated heterocycles. The highest BCUT2D eigenvalue weighted by molar-refractivity contribution is 5.97. The Bertz CT molecular complexity index is 962. The van der Waals surface area contributed by atoms with Crippen molar-refractivity contribution in [1.82, 2.24) is 9.80 Å². The molecule has 3 rings (SSSR count). The molecule has 1 aliphatic rings. The number of likely N-dealkylation sites (tertiary alicyclic amines) is 1. The molecule has 1 heterocycles. The molecule has 1 aliphatic heterocycles. The van der Waals surface area contributed by atoms with E-state index in [4.69, 9.17) is 0 Å². The van der Waals surface area contributed by atoms with Crippen molar-refractivity contribution in [2.75, 3.05) is 43.4 Å². The second-order valence-electron chi connectivity index (χ2n) is 8.70. The van der Waals surface area contributed by atoms with E-state index in [9.17, 15) is 14.4 Å². The fourth-order valence-electron chi connectivity index (χ4n) is 4.16. The van der Waals surface area contributed by atoms with Crippen LogP contribution in [-0.4, -0.2) is 60.2 Å². The summed E-state index contributed by atoms with van der Waals surface area (Å²) in [5.41, 5.74) is 2.61. The number of rotatable bonds is 10. The average molecular weight is 465 g/mol. The van der Waals surface area contributed by atoms with E-state index in [1.165, 1.54) is 6.42 Å². The first-order valence-electron chi connectivity index (χ1n) is 12.3. The second kappa shape index (κ2) is 12.8. The van der Waals surface area contributed by atoms with Gasteiger partial charge in [0.15, 0.2) is 0 Å². The summed E-state index contributed by atoms with van der Waals surface area (Å²) < 4.78 is 0. The third-order valence-electron chi connectivity index (χ3n) is 5.90. The minimum absolute atomic E-state index is 0.0102. The van der Waals surface area contributed by atoms with Crippen molar-refractivity contribution in [2.45, 2.75) is 46.0 Å². The molecule has 7 heteroatoms. The Labute approximate surface area is 202 Å². The van der Waals surface area contributed by atoms with Gasteiger partial charge in [-0.15, -0.1) is 0 Å². The van der Waals surface area contributed by atoms with Crippen LogP contribution in [0, 0.1) is 0 Å². The van der Waals surface area contributed by atoms with E-state index in [1.54, 1.807) is 36.4 Å². The summed E-state index contributed by atoms with van der Waals surface area (Å²) in [4.78, 5) is 41.6. The van der Waals surface area contributed by atoms with Crippen molar-refractivity contribution >= 4 is 29.1 Å². The number of nitrogens with zero attached hydrogens (tertiary/aromatic N) is 2. The molecule has 0 spiro atoms. The molecule has 7 nitrogen and oxygen atoms in total. The Morgan fingerprint density at radius 3 is 2.18 bits per heavy atom. The number of anilines is 2. The van der Waals surface area contributed by atoms with Crippen LogP contribution in [0.15, 0.2) is 48.5 Å². The van der Waals surface area contributed by atoms with Gasteiger partial charge in [0, 0.05) is 48.7 Å². The van der Waals surface area contributed by atoms with E-state index in [-0.39, 0.29) is 24.3 Å². The zero-order valence-electron chi connectivity index (χ0n) is 20.3. The molecule has 0 radical (unpaired) electrons. The maximum Gasteiger partial charge on any atom is 0.253 e. The van der Waals surface area contributed by atoms with Crippen molar-refractivity contribution in [2.24, 2.45) is 0 Å². The Morgan fingerprint density at radius 1 is 0.853 bits per heavy atom. The van der Waals surface area contributed by atoms with E-state index >= 15 is 0 Å². The van der Waals surface area contributed by atoms with Crippen LogP contribution < -0.4 is 10.6 Å². The molecule has 2 aromatic carbocycles.